The topological polar surface area (TPSA) is 84.0 Å². The number of aromatic nitrogens is 2. The van der Waals surface area contributed by atoms with Gasteiger partial charge in [-0.3, -0.25) is 20.4 Å². The lowest BCUT2D eigenvalue weighted by atomic mass is 10.2. The summed E-state index contributed by atoms with van der Waals surface area (Å²) in [6.45, 7) is 3.57. The van der Waals surface area contributed by atoms with E-state index in [1.54, 1.807) is 13.8 Å². The lowest BCUT2D eigenvalue weighted by Crippen LogP contribution is -2.41. The van der Waals surface area contributed by atoms with Crippen molar-refractivity contribution in [3.63, 3.8) is 0 Å². The first-order valence-electron chi connectivity index (χ1n) is 9.65. The fourth-order valence-electron chi connectivity index (χ4n) is 3.05. The second kappa shape index (κ2) is 9.20. The van der Waals surface area contributed by atoms with Crippen LogP contribution in [0.15, 0.2) is 60.7 Å². The second-order valence-corrected chi connectivity index (χ2v) is 8.98. The standard InChI is InChI=1S/C23H20N4O2S2/c1-14-19(30-18(24-14)13-16-9-5-3-6-10-16)21(28)26-27-22(29)20-15(2)25-23(31-20)17-11-7-4-8-12-17/h3-12H,13H2,1-2H3,(H,26,28)(H,27,29). The minimum Gasteiger partial charge on any atom is -0.266 e. The van der Waals surface area contributed by atoms with Crippen LogP contribution in [0.4, 0.5) is 0 Å². The Morgan fingerprint density at radius 2 is 1.32 bits per heavy atom. The van der Waals surface area contributed by atoms with Gasteiger partial charge in [-0.25, -0.2) is 9.97 Å². The number of benzene rings is 2. The highest BCUT2D eigenvalue weighted by atomic mass is 32.1. The van der Waals surface area contributed by atoms with Crippen molar-refractivity contribution in [1.82, 2.24) is 20.8 Å². The minimum atomic E-state index is -0.391. The Labute approximate surface area is 188 Å². The van der Waals surface area contributed by atoms with Crippen molar-refractivity contribution in [2.45, 2.75) is 20.3 Å². The molecule has 2 aromatic carbocycles. The first kappa shape index (κ1) is 20.9. The molecule has 156 valence electrons. The average molecular weight is 449 g/mol. The fraction of sp³-hybridized carbons (Fsp3) is 0.130. The highest BCUT2D eigenvalue weighted by Gasteiger charge is 2.19. The maximum Gasteiger partial charge on any atom is 0.281 e. The molecule has 0 unspecified atom stereocenters. The van der Waals surface area contributed by atoms with Gasteiger partial charge in [-0.2, -0.15) is 0 Å². The van der Waals surface area contributed by atoms with E-state index in [2.05, 4.69) is 20.8 Å². The monoisotopic (exact) mass is 448 g/mol. The maximum atomic E-state index is 12.6. The zero-order valence-electron chi connectivity index (χ0n) is 17.0. The summed E-state index contributed by atoms with van der Waals surface area (Å²) >= 11 is 2.62. The summed E-state index contributed by atoms with van der Waals surface area (Å²) in [5, 5.41) is 1.62. The molecule has 0 saturated heterocycles. The van der Waals surface area contributed by atoms with E-state index in [0.29, 0.717) is 27.6 Å². The molecule has 0 spiro atoms. The Kier molecular flexibility index (Phi) is 6.20. The van der Waals surface area contributed by atoms with Crippen LogP contribution in [0.25, 0.3) is 10.6 Å². The van der Waals surface area contributed by atoms with E-state index in [9.17, 15) is 9.59 Å². The third-order valence-corrected chi connectivity index (χ3v) is 6.92. The second-order valence-electron chi connectivity index (χ2n) is 6.89. The van der Waals surface area contributed by atoms with Crippen molar-refractivity contribution >= 4 is 34.5 Å². The molecule has 2 aromatic heterocycles. The van der Waals surface area contributed by atoms with Crippen LogP contribution in [0.2, 0.25) is 0 Å². The third-order valence-electron chi connectivity index (χ3n) is 4.56. The van der Waals surface area contributed by atoms with Gasteiger partial charge in [0, 0.05) is 12.0 Å². The van der Waals surface area contributed by atoms with Crippen molar-refractivity contribution in [1.29, 1.82) is 0 Å². The van der Waals surface area contributed by atoms with E-state index in [1.165, 1.54) is 22.7 Å². The number of carbonyl (C=O) groups excluding carboxylic acids is 2. The number of nitrogens with one attached hydrogen (secondary N) is 2. The molecule has 31 heavy (non-hydrogen) atoms. The molecule has 8 heteroatoms. The van der Waals surface area contributed by atoms with Crippen molar-refractivity contribution in [2.24, 2.45) is 0 Å². The van der Waals surface area contributed by atoms with Crippen molar-refractivity contribution in [3.8, 4) is 10.6 Å². The number of nitrogens with zero attached hydrogens (tertiary/aromatic N) is 2. The SMILES string of the molecule is Cc1nc(Cc2ccccc2)sc1C(=O)NNC(=O)c1sc(-c2ccccc2)nc1C. The Morgan fingerprint density at radius 3 is 1.97 bits per heavy atom. The summed E-state index contributed by atoms with van der Waals surface area (Å²) in [4.78, 5) is 35.1. The van der Waals surface area contributed by atoms with Gasteiger partial charge in [0.15, 0.2) is 0 Å². The van der Waals surface area contributed by atoms with Gasteiger partial charge in [0.2, 0.25) is 0 Å². The van der Waals surface area contributed by atoms with Crippen LogP contribution in [0.1, 0.15) is 41.3 Å². The first-order chi connectivity index (χ1) is 15.0. The van der Waals surface area contributed by atoms with Gasteiger partial charge in [0.25, 0.3) is 11.8 Å². The number of rotatable bonds is 5. The lowest BCUT2D eigenvalue weighted by molar-refractivity contribution is 0.0850. The molecule has 0 fully saturated rings. The van der Waals surface area contributed by atoms with Gasteiger partial charge in [-0.1, -0.05) is 60.7 Å². The summed E-state index contributed by atoms with van der Waals surface area (Å²) < 4.78 is 0. The van der Waals surface area contributed by atoms with Crippen LogP contribution in [0, 0.1) is 13.8 Å². The normalized spacial score (nSPS) is 10.6. The third kappa shape index (κ3) is 4.87. The van der Waals surface area contributed by atoms with E-state index in [1.807, 2.05) is 60.7 Å². The van der Waals surface area contributed by atoms with E-state index in [-0.39, 0.29) is 5.91 Å². The Bertz CT molecular complexity index is 1220. The molecule has 2 heterocycles. The summed E-state index contributed by atoms with van der Waals surface area (Å²) in [7, 11) is 0. The van der Waals surface area contributed by atoms with E-state index >= 15 is 0 Å². The number of amides is 2. The zero-order chi connectivity index (χ0) is 21.8. The van der Waals surface area contributed by atoms with Gasteiger partial charge in [0.05, 0.1) is 16.4 Å². The van der Waals surface area contributed by atoms with Gasteiger partial charge in [0.1, 0.15) is 14.8 Å². The molecule has 4 rings (SSSR count). The molecular formula is C23H20N4O2S2. The number of carbonyl (C=O) groups is 2. The van der Waals surface area contributed by atoms with Crippen LogP contribution < -0.4 is 10.9 Å². The smallest absolute Gasteiger partial charge is 0.266 e. The largest absolute Gasteiger partial charge is 0.281 e. The van der Waals surface area contributed by atoms with Gasteiger partial charge >= 0.3 is 0 Å². The minimum absolute atomic E-state index is 0.381. The number of hydrogen-bond acceptors (Lipinski definition) is 6. The molecule has 0 saturated carbocycles. The lowest BCUT2D eigenvalue weighted by Gasteiger charge is -2.05. The van der Waals surface area contributed by atoms with Crippen LogP contribution in [-0.4, -0.2) is 21.8 Å². The van der Waals surface area contributed by atoms with E-state index in [0.717, 1.165) is 21.1 Å². The Balaban J connectivity index is 1.41. The molecule has 2 N–H and O–H groups in total. The number of hydrazine groups is 1. The highest BCUT2D eigenvalue weighted by Crippen LogP contribution is 2.27. The van der Waals surface area contributed by atoms with E-state index < -0.39 is 5.91 Å². The maximum absolute atomic E-state index is 12.6. The molecule has 4 aromatic rings. The Hall–Kier alpha value is -3.36. The molecular weight excluding hydrogens is 428 g/mol. The molecule has 2 amide bonds. The number of thiazole rings is 2. The van der Waals surface area contributed by atoms with Crippen LogP contribution in [-0.2, 0) is 6.42 Å². The van der Waals surface area contributed by atoms with Gasteiger partial charge in [-0.15, -0.1) is 22.7 Å². The van der Waals surface area contributed by atoms with Crippen LogP contribution in [0.5, 0.6) is 0 Å². The number of hydrogen-bond donors (Lipinski definition) is 2. The average Bonchev–Trinajstić information content (AvgIpc) is 3.35. The van der Waals surface area contributed by atoms with Crippen molar-refractivity contribution in [3.05, 3.63) is 92.4 Å². The zero-order valence-corrected chi connectivity index (χ0v) is 18.6. The Morgan fingerprint density at radius 1 is 0.774 bits per heavy atom. The molecule has 0 aliphatic rings. The van der Waals surface area contributed by atoms with Crippen molar-refractivity contribution in [2.75, 3.05) is 0 Å². The molecule has 0 atom stereocenters. The summed E-state index contributed by atoms with van der Waals surface area (Å²) in [6.07, 6.45) is 0.661. The number of aryl methyl sites for hydroxylation is 2. The fourth-order valence-corrected chi connectivity index (χ4v) is 5.01. The van der Waals surface area contributed by atoms with Crippen LogP contribution in [0.3, 0.4) is 0 Å². The molecule has 0 aliphatic heterocycles. The molecule has 0 bridgehead atoms. The molecule has 0 radical (unpaired) electrons. The predicted molar refractivity (Wildman–Crippen MR) is 123 cm³/mol. The summed E-state index contributed by atoms with van der Waals surface area (Å²) in [6, 6.07) is 19.6. The predicted octanol–water partition coefficient (Wildman–Crippen LogP) is 4.55. The highest BCUT2D eigenvalue weighted by molar-refractivity contribution is 7.17. The quantitative estimate of drug-likeness (QED) is 0.439. The first-order valence-corrected chi connectivity index (χ1v) is 11.3. The van der Waals surface area contributed by atoms with Crippen LogP contribution >= 0.6 is 22.7 Å². The molecule has 0 aliphatic carbocycles. The molecule has 6 nitrogen and oxygen atoms in total. The summed E-state index contributed by atoms with van der Waals surface area (Å²) in [5.74, 6) is -0.773. The summed E-state index contributed by atoms with van der Waals surface area (Å²) in [5.41, 5.74) is 8.34. The van der Waals surface area contributed by atoms with Crippen molar-refractivity contribution < 1.29 is 9.59 Å². The van der Waals surface area contributed by atoms with Gasteiger partial charge < -0.3 is 0 Å². The van der Waals surface area contributed by atoms with Gasteiger partial charge in [-0.05, 0) is 19.4 Å². The van der Waals surface area contributed by atoms with E-state index in [4.69, 9.17) is 0 Å².